The maximum absolute atomic E-state index is 10.5. The van der Waals surface area contributed by atoms with Gasteiger partial charge in [-0.3, -0.25) is 0 Å². The number of hydrogen-bond acceptors (Lipinski definition) is 2. The molecule has 2 aliphatic rings. The first-order valence-corrected chi connectivity index (χ1v) is 8.00. The fourth-order valence-electron chi connectivity index (χ4n) is 4.53. The van der Waals surface area contributed by atoms with Crippen molar-refractivity contribution in [1.29, 1.82) is 0 Å². The molecule has 1 saturated carbocycles. The van der Waals surface area contributed by atoms with Crippen LogP contribution in [0.4, 0.5) is 0 Å². The smallest absolute Gasteiger partial charge is 0.0666 e. The van der Waals surface area contributed by atoms with Gasteiger partial charge < -0.3 is 9.84 Å². The van der Waals surface area contributed by atoms with Crippen molar-refractivity contribution in [2.24, 2.45) is 23.7 Å². The van der Waals surface area contributed by atoms with Crippen molar-refractivity contribution in [3.63, 3.8) is 0 Å². The van der Waals surface area contributed by atoms with Crippen LogP contribution in [-0.2, 0) is 4.74 Å². The van der Waals surface area contributed by atoms with E-state index in [1.807, 2.05) is 0 Å². The lowest BCUT2D eigenvalue weighted by Gasteiger charge is -2.42. The van der Waals surface area contributed by atoms with E-state index in [0.29, 0.717) is 11.8 Å². The van der Waals surface area contributed by atoms with Gasteiger partial charge in [0.15, 0.2) is 0 Å². The van der Waals surface area contributed by atoms with Gasteiger partial charge in [-0.15, -0.1) is 0 Å². The highest BCUT2D eigenvalue weighted by Crippen LogP contribution is 2.50. The van der Waals surface area contributed by atoms with Gasteiger partial charge in [0.1, 0.15) is 0 Å². The van der Waals surface area contributed by atoms with Crippen molar-refractivity contribution in [2.45, 2.75) is 84.5 Å². The molecule has 0 radical (unpaired) electrons. The van der Waals surface area contributed by atoms with Gasteiger partial charge in [-0.25, -0.2) is 0 Å². The minimum absolute atomic E-state index is 0.0430. The van der Waals surface area contributed by atoms with Crippen LogP contribution in [0.15, 0.2) is 0 Å². The summed E-state index contributed by atoms with van der Waals surface area (Å²) in [6.07, 6.45) is 4.28. The Bertz CT molecular complexity index is 319. The highest BCUT2D eigenvalue weighted by Gasteiger charge is 2.51. The van der Waals surface area contributed by atoms with Crippen molar-refractivity contribution in [3.8, 4) is 0 Å². The highest BCUT2D eigenvalue weighted by atomic mass is 16.5. The molecule has 2 heteroatoms. The van der Waals surface area contributed by atoms with E-state index in [4.69, 9.17) is 4.74 Å². The van der Waals surface area contributed by atoms with Crippen molar-refractivity contribution < 1.29 is 9.84 Å². The molecule has 2 nitrogen and oxygen atoms in total. The lowest BCUT2D eigenvalue weighted by Crippen LogP contribution is -2.42. The fraction of sp³-hybridized carbons (Fsp3) is 1.00. The summed E-state index contributed by atoms with van der Waals surface area (Å²) in [5, 5.41) is 10.5. The monoisotopic (exact) mass is 268 g/mol. The molecule has 19 heavy (non-hydrogen) atoms. The number of hydrogen-bond donors (Lipinski definition) is 1. The molecular weight excluding hydrogens is 236 g/mol. The topological polar surface area (TPSA) is 29.5 Å². The minimum atomic E-state index is -0.128. The van der Waals surface area contributed by atoms with Gasteiger partial charge in [0, 0.05) is 0 Å². The van der Waals surface area contributed by atoms with Crippen LogP contribution < -0.4 is 0 Å². The number of ether oxygens (including phenoxy) is 1. The van der Waals surface area contributed by atoms with E-state index in [-0.39, 0.29) is 17.3 Å². The van der Waals surface area contributed by atoms with Gasteiger partial charge in [0.05, 0.1) is 17.3 Å². The average Bonchev–Trinajstić information content (AvgIpc) is 2.47. The molecule has 112 valence electrons. The van der Waals surface area contributed by atoms with Crippen molar-refractivity contribution >= 4 is 0 Å². The van der Waals surface area contributed by atoms with Crippen LogP contribution in [0.3, 0.4) is 0 Å². The molecule has 1 saturated heterocycles. The first kappa shape index (κ1) is 15.3. The Labute approximate surface area is 118 Å². The molecule has 1 aliphatic heterocycles. The molecule has 0 bridgehead atoms. The molecular formula is C17H32O2. The highest BCUT2D eigenvalue weighted by molar-refractivity contribution is 5.00. The van der Waals surface area contributed by atoms with Crippen molar-refractivity contribution in [3.05, 3.63) is 0 Å². The summed E-state index contributed by atoms with van der Waals surface area (Å²) < 4.78 is 6.23. The van der Waals surface area contributed by atoms with E-state index in [1.165, 1.54) is 12.8 Å². The number of aliphatic hydroxyl groups excluding tert-OH is 1. The normalized spacial score (nSPS) is 41.7. The van der Waals surface area contributed by atoms with Gasteiger partial charge in [-0.2, -0.15) is 0 Å². The van der Waals surface area contributed by atoms with Crippen LogP contribution in [0.1, 0.15) is 67.2 Å². The summed E-state index contributed by atoms with van der Waals surface area (Å²) in [4.78, 5) is 0. The molecule has 2 fully saturated rings. The van der Waals surface area contributed by atoms with Gasteiger partial charge in [-0.1, -0.05) is 13.8 Å². The molecule has 2 rings (SSSR count). The Hall–Kier alpha value is -0.0800. The molecule has 0 aromatic rings. The van der Waals surface area contributed by atoms with E-state index >= 15 is 0 Å². The zero-order valence-electron chi connectivity index (χ0n) is 13.6. The van der Waals surface area contributed by atoms with Crippen LogP contribution in [0.5, 0.6) is 0 Å². The Morgan fingerprint density at radius 2 is 1.74 bits per heavy atom. The summed E-state index contributed by atoms with van der Waals surface area (Å²) in [5.41, 5.74) is -0.146. The molecule has 0 aromatic heterocycles. The van der Waals surface area contributed by atoms with Crippen LogP contribution in [-0.4, -0.2) is 22.4 Å². The zero-order valence-corrected chi connectivity index (χ0v) is 13.6. The lowest BCUT2D eigenvalue weighted by molar-refractivity contribution is -0.0945. The Kier molecular flexibility index (Phi) is 4.06. The maximum atomic E-state index is 10.5. The van der Waals surface area contributed by atoms with E-state index in [0.717, 1.165) is 24.7 Å². The van der Waals surface area contributed by atoms with E-state index in [1.54, 1.807) is 0 Å². The van der Waals surface area contributed by atoms with Gasteiger partial charge in [0.2, 0.25) is 0 Å². The van der Waals surface area contributed by atoms with Crippen molar-refractivity contribution in [1.82, 2.24) is 0 Å². The third-order valence-electron chi connectivity index (χ3n) is 5.51. The standard InChI is InChI=1S/C17H32O2/c1-11(2)12-7-8-15(18)13(9-12)14-10-16(3,4)19-17(14,5)6/h11-15,18H,7-10H2,1-6H3. The van der Waals surface area contributed by atoms with E-state index < -0.39 is 0 Å². The molecule has 1 heterocycles. The van der Waals surface area contributed by atoms with E-state index in [9.17, 15) is 5.11 Å². The second-order valence-corrected chi connectivity index (χ2v) is 8.32. The van der Waals surface area contributed by atoms with Crippen molar-refractivity contribution in [2.75, 3.05) is 0 Å². The Balaban J connectivity index is 2.15. The lowest BCUT2D eigenvalue weighted by atomic mass is 9.65. The summed E-state index contributed by atoms with van der Waals surface area (Å²) in [6.45, 7) is 13.4. The molecule has 0 amide bonds. The molecule has 4 atom stereocenters. The summed E-state index contributed by atoms with van der Waals surface area (Å²) in [5.74, 6) is 2.40. The van der Waals surface area contributed by atoms with Crippen LogP contribution in [0, 0.1) is 23.7 Å². The number of rotatable bonds is 2. The van der Waals surface area contributed by atoms with Gasteiger partial charge >= 0.3 is 0 Å². The first-order valence-electron chi connectivity index (χ1n) is 8.00. The van der Waals surface area contributed by atoms with E-state index in [2.05, 4.69) is 41.5 Å². The maximum Gasteiger partial charge on any atom is 0.0666 e. The van der Waals surface area contributed by atoms with Gasteiger partial charge in [-0.05, 0) is 77.0 Å². The van der Waals surface area contributed by atoms with Crippen LogP contribution >= 0.6 is 0 Å². The predicted octanol–water partition coefficient (Wildman–Crippen LogP) is 4.01. The summed E-state index contributed by atoms with van der Waals surface area (Å²) in [7, 11) is 0. The molecule has 4 unspecified atom stereocenters. The number of aliphatic hydroxyl groups is 1. The molecule has 1 aliphatic carbocycles. The third-order valence-corrected chi connectivity index (χ3v) is 5.51. The third kappa shape index (κ3) is 3.16. The second-order valence-electron chi connectivity index (χ2n) is 8.32. The predicted molar refractivity (Wildman–Crippen MR) is 79.0 cm³/mol. The molecule has 0 spiro atoms. The van der Waals surface area contributed by atoms with Crippen LogP contribution in [0.25, 0.3) is 0 Å². The second kappa shape index (κ2) is 5.04. The van der Waals surface area contributed by atoms with Crippen LogP contribution in [0.2, 0.25) is 0 Å². The molecule has 0 aromatic carbocycles. The SMILES string of the molecule is CC(C)C1CCC(O)C(C2CC(C)(C)OC2(C)C)C1. The molecule has 1 N–H and O–H groups in total. The Morgan fingerprint density at radius 3 is 2.21 bits per heavy atom. The first-order chi connectivity index (χ1) is 8.62. The quantitative estimate of drug-likeness (QED) is 0.820. The fourth-order valence-corrected chi connectivity index (χ4v) is 4.53. The minimum Gasteiger partial charge on any atom is -0.393 e. The summed E-state index contributed by atoms with van der Waals surface area (Å²) >= 11 is 0. The van der Waals surface area contributed by atoms with Gasteiger partial charge in [0.25, 0.3) is 0 Å². The Morgan fingerprint density at radius 1 is 1.11 bits per heavy atom. The zero-order chi connectivity index (χ0) is 14.4. The average molecular weight is 268 g/mol. The summed E-state index contributed by atoms with van der Waals surface area (Å²) in [6, 6.07) is 0. The largest absolute Gasteiger partial charge is 0.393 e.